The number of nitrogens with zero attached hydrogens (tertiary/aromatic N) is 4. The Hall–Kier alpha value is -1.08. The second-order valence-corrected chi connectivity index (χ2v) is 15.0. The first-order chi connectivity index (χ1) is 24.3. The van der Waals surface area contributed by atoms with Crippen LogP contribution in [0.5, 0.6) is 0 Å². The lowest BCUT2D eigenvalue weighted by atomic mass is 10.0. The Bertz CT molecular complexity index is 880. The average molecular weight is 758 g/mol. The van der Waals surface area contributed by atoms with Crippen molar-refractivity contribution in [2.45, 2.75) is 227 Å². The molecular weight excluding hydrogens is 675 g/mol. The fourth-order valence-electron chi connectivity index (χ4n) is 6.88. The van der Waals surface area contributed by atoms with Crippen molar-refractivity contribution in [3.05, 3.63) is 37.4 Å². The third-order valence-corrected chi connectivity index (χ3v) is 10.1. The number of hydrogen-bond donors (Lipinski definition) is 0. The van der Waals surface area contributed by atoms with Gasteiger partial charge in [-0.15, -0.1) is 0 Å². The third-order valence-electron chi connectivity index (χ3n) is 10.1. The molecule has 0 saturated heterocycles. The fraction of sp³-hybridized carbons (Fsp3) is 0.860. The van der Waals surface area contributed by atoms with Crippen LogP contribution in [0.1, 0.15) is 200 Å². The molecule has 0 N–H and O–H groups in total. The van der Waals surface area contributed by atoms with Gasteiger partial charge in [0.15, 0.2) is 13.5 Å². The van der Waals surface area contributed by atoms with Gasteiger partial charge in [0.2, 0.25) is 12.7 Å². The van der Waals surface area contributed by atoms with E-state index in [1.54, 1.807) is 0 Å². The number of rotatable bonds is 38. The van der Waals surface area contributed by atoms with Crippen molar-refractivity contribution in [2.75, 3.05) is 13.2 Å². The van der Waals surface area contributed by atoms with Gasteiger partial charge < -0.3 is 34.3 Å². The van der Waals surface area contributed by atoms with E-state index in [-0.39, 0.29) is 24.8 Å². The maximum Gasteiger partial charge on any atom is 0.245 e. The van der Waals surface area contributed by atoms with Crippen LogP contribution >= 0.6 is 0 Å². The summed E-state index contributed by atoms with van der Waals surface area (Å²) in [5.41, 5.74) is 0. The lowest BCUT2D eigenvalue weighted by Crippen LogP contribution is -3.00. The average Bonchev–Trinajstić information content (AvgIpc) is 3.77. The lowest BCUT2D eigenvalue weighted by molar-refractivity contribution is -0.733. The van der Waals surface area contributed by atoms with Crippen LogP contribution < -0.4 is 33.9 Å². The molecule has 0 saturated carbocycles. The normalized spacial score (nSPS) is 11.2. The summed E-state index contributed by atoms with van der Waals surface area (Å²) in [5.74, 6) is 0. The largest absolute Gasteiger partial charge is 1.00 e. The summed E-state index contributed by atoms with van der Waals surface area (Å²) in [6, 6.07) is 0. The van der Waals surface area contributed by atoms with Gasteiger partial charge in [-0.2, -0.15) is 0 Å². The summed E-state index contributed by atoms with van der Waals surface area (Å²) in [6.07, 6.45) is 53.3. The van der Waals surface area contributed by atoms with E-state index < -0.39 is 0 Å². The Labute approximate surface area is 328 Å². The maximum atomic E-state index is 5.89. The van der Waals surface area contributed by atoms with E-state index in [9.17, 15) is 0 Å². The van der Waals surface area contributed by atoms with Crippen LogP contribution in [0.15, 0.2) is 37.4 Å². The first kappa shape index (κ1) is 49.9. The molecule has 0 atom stereocenters. The highest BCUT2D eigenvalue weighted by Gasteiger charge is 2.06. The minimum absolute atomic E-state index is 0. The Kier molecular flexibility index (Phi) is 37.8. The molecule has 2 aromatic rings. The molecular formula is C43H82Cl2N4O2. The smallest absolute Gasteiger partial charge is 0.245 e. The summed E-state index contributed by atoms with van der Waals surface area (Å²) in [6.45, 7) is 9.49. The third kappa shape index (κ3) is 31.0. The Balaban J connectivity index is 0.0000125. The van der Waals surface area contributed by atoms with Crippen LogP contribution in [0.3, 0.4) is 0 Å². The zero-order valence-corrected chi connectivity index (χ0v) is 35.1. The SMILES string of the molecule is CCCCCCCCCCCCCCCCn1cc[n+](COCCCOC[n+]2ccn(CCCCCCCCCCCCCCCC)c2)c1.[Cl-].[Cl-]. The number of imidazole rings is 2. The van der Waals surface area contributed by atoms with Gasteiger partial charge in [0.1, 0.15) is 24.8 Å². The van der Waals surface area contributed by atoms with Crippen molar-refractivity contribution in [3.8, 4) is 0 Å². The highest BCUT2D eigenvalue weighted by atomic mass is 35.5. The number of halogens is 2. The van der Waals surface area contributed by atoms with Crippen molar-refractivity contribution < 1.29 is 43.4 Å². The molecule has 2 aromatic heterocycles. The maximum absolute atomic E-state index is 5.89. The zero-order valence-electron chi connectivity index (χ0n) is 33.6. The van der Waals surface area contributed by atoms with E-state index in [0.717, 1.165) is 32.7 Å². The van der Waals surface area contributed by atoms with Crippen LogP contribution in [0.25, 0.3) is 0 Å². The molecule has 300 valence electrons. The topological polar surface area (TPSA) is 36.1 Å². The number of ether oxygens (including phenoxy) is 2. The number of hydrogen-bond acceptors (Lipinski definition) is 2. The molecule has 0 aromatic carbocycles. The van der Waals surface area contributed by atoms with Gasteiger partial charge in [0, 0.05) is 0 Å². The standard InChI is InChI=1S/C43H82N4O2.2ClH/c1-3-5-7-9-11-13-15-17-19-21-23-25-27-29-32-44-34-36-46(40-44)42-48-38-31-39-49-43-47-37-35-45(41-47)33-30-28-26-24-22-20-18-16-14-12-10-8-6-4-2;;/h34-37,40-41H,3-33,38-39,42-43H2,1-2H3;2*1H/q+2;;/p-2. The number of aryl methyl sites for hydroxylation is 2. The molecule has 2 rings (SSSR count). The van der Waals surface area contributed by atoms with Gasteiger partial charge in [-0.05, 0) is 32.1 Å². The number of aromatic nitrogens is 4. The Morgan fingerprint density at radius 3 is 0.941 bits per heavy atom. The first-order valence-electron chi connectivity index (χ1n) is 21.6. The summed E-state index contributed by atoms with van der Waals surface area (Å²) < 4.78 is 20.7. The first-order valence-corrected chi connectivity index (χ1v) is 21.6. The molecule has 0 amide bonds. The van der Waals surface area contributed by atoms with E-state index in [2.05, 4.69) is 69.6 Å². The van der Waals surface area contributed by atoms with E-state index >= 15 is 0 Å². The van der Waals surface area contributed by atoms with E-state index in [0.29, 0.717) is 13.5 Å². The van der Waals surface area contributed by atoms with Gasteiger partial charge in [-0.1, -0.05) is 168 Å². The molecule has 2 heterocycles. The van der Waals surface area contributed by atoms with Crippen molar-refractivity contribution in [1.82, 2.24) is 9.13 Å². The lowest BCUT2D eigenvalue weighted by Gasteiger charge is -2.03. The predicted octanol–water partition coefficient (Wildman–Crippen LogP) is 5.87. The Morgan fingerprint density at radius 1 is 0.373 bits per heavy atom. The molecule has 0 aliphatic heterocycles. The quantitative estimate of drug-likeness (QED) is 0.0635. The van der Waals surface area contributed by atoms with Crippen molar-refractivity contribution in [2.24, 2.45) is 0 Å². The molecule has 51 heavy (non-hydrogen) atoms. The highest BCUT2D eigenvalue weighted by Crippen LogP contribution is 2.14. The van der Waals surface area contributed by atoms with Crippen molar-refractivity contribution >= 4 is 0 Å². The van der Waals surface area contributed by atoms with Crippen LogP contribution in [0.2, 0.25) is 0 Å². The Morgan fingerprint density at radius 2 is 0.647 bits per heavy atom. The molecule has 0 spiro atoms. The highest BCUT2D eigenvalue weighted by molar-refractivity contribution is 4.67. The van der Waals surface area contributed by atoms with Crippen molar-refractivity contribution in [3.63, 3.8) is 0 Å². The monoisotopic (exact) mass is 757 g/mol. The van der Waals surface area contributed by atoms with Gasteiger partial charge >= 0.3 is 0 Å². The van der Waals surface area contributed by atoms with Crippen LogP contribution in [0, 0.1) is 0 Å². The fourth-order valence-corrected chi connectivity index (χ4v) is 6.88. The predicted molar refractivity (Wildman–Crippen MR) is 206 cm³/mol. The summed E-state index contributed by atoms with van der Waals surface area (Å²) in [5, 5.41) is 0. The molecule has 8 heteroatoms. The minimum atomic E-state index is 0. The minimum Gasteiger partial charge on any atom is -1.00 e. The van der Waals surface area contributed by atoms with Gasteiger partial charge in [-0.25, -0.2) is 18.3 Å². The summed E-state index contributed by atoms with van der Waals surface area (Å²) in [7, 11) is 0. The second-order valence-electron chi connectivity index (χ2n) is 15.0. The van der Waals surface area contributed by atoms with Gasteiger partial charge in [0.25, 0.3) is 0 Å². The summed E-state index contributed by atoms with van der Waals surface area (Å²) >= 11 is 0. The zero-order chi connectivity index (χ0) is 34.7. The van der Waals surface area contributed by atoms with E-state index in [4.69, 9.17) is 9.47 Å². The van der Waals surface area contributed by atoms with Crippen molar-refractivity contribution in [1.29, 1.82) is 0 Å². The molecule has 0 aliphatic carbocycles. The number of unbranched alkanes of at least 4 members (excludes halogenated alkanes) is 26. The second kappa shape index (κ2) is 38.6. The molecule has 0 radical (unpaired) electrons. The molecule has 0 bridgehead atoms. The van der Waals surface area contributed by atoms with Crippen LogP contribution in [0.4, 0.5) is 0 Å². The van der Waals surface area contributed by atoms with Crippen LogP contribution in [-0.4, -0.2) is 22.3 Å². The van der Waals surface area contributed by atoms with Gasteiger partial charge in [-0.3, -0.25) is 0 Å². The molecule has 0 unspecified atom stereocenters. The van der Waals surface area contributed by atoms with E-state index in [1.165, 1.54) is 180 Å². The summed E-state index contributed by atoms with van der Waals surface area (Å²) in [4.78, 5) is 0. The van der Waals surface area contributed by atoms with Crippen LogP contribution in [-0.2, 0) is 36.0 Å². The van der Waals surface area contributed by atoms with Gasteiger partial charge in [0.05, 0.1) is 26.3 Å². The molecule has 0 fully saturated rings. The molecule has 0 aliphatic rings. The molecule has 6 nitrogen and oxygen atoms in total. The van der Waals surface area contributed by atoms with E-state index in [1.807, 2.05) is 0 Å².